The van der Waals surface area contributed by atoms with Gasteiger partial charge in [0.05, 0.1) is 0 Å². The van der Waals surface area contributed by atoms with E-state index < -0.39 is 5.82 Å². The number of hydrogen-bond donors (Lipinski definition) is 2. The number of anilines is 1. The van der Waals surface area contributed by atoms with Crippen LogP contribution < -0.4 is 5.73 Å². The van der Waals surface area contributed by atoms with E-state index in [9.17, 15) is 4.39 Å². The monoisotopic (exact) mass is 141 g/mol. The number of halogens is 1. The zero-order chi connectivity index (χ0) is 7.72. The lowest BCUT2D eigenvalue weighted by atomic mass is 10.2. The van der Waals surface area contributed by atoms with E-state index in [-0.39, 0.29) is 5.75 Å². The molecule has 0 aliphatic carbocycles. The third kappa shape index (κ3) is 0.900. The molecule has 1 rings (SSSR count). The lowest BCUT2D eigenvalue weighted by Gasteiger charge is -2.01. The molecule has 0 aromatic heterocycles. The van der Waals surface area contributed by atoms with Gasteiger partial charge < -0.3 is 10.8 Å². The molecule has 0 atom stereocenters. The summed E-state index contributed by atoms with van der Waals surface area (Å²) in [5, 5.41) is 8.79. The Morgan fingerprint density at radius 3 is 2.60 bits per heavy atom. The van der Waals surface area contributed by atoms with Crippen molar-refractivity contribution in [3.63, 3.8) is 0 Å². The van der Waals surface area contributed by atoms with Crippen LogP contribution in [0.1, 0.15) is 5.56 Å². The molecular formula is C7H8FNO. The minimum atomic E-state index is -0.639. The van der Waals surface area contributed by atoms with E-state index in [4.69, 9.17) is 10.8 Å². The number of phenols is 1. The molecule has 1 aromatic carbocycles. The van der Waals surface area contributed by atoms with Crippen molar-refractivity contribution in [2.75, 3.05) is 5.73 Å². The van der Waals surface area contributed by atoms with Gasteiger partial charge in [0.25, 0.3) is 0 Å². The van der Waals surface area contributed by atoms with Gasteiger partial charge in [0, 0.05) is 11.3 Å². The first-order valence-electron chi connectivity index (χ1n) is 2.86. The topological polar surface area (TPSA) is 46.2 Å². The number of nitrogen functional groups attached to an aromatic ring is 1. The Balaban J connectivity index is 3.34. The molecule has 0 spiro atoms. The van der Waals surface area contributed by atoms with E-state index in [0.717, 1.165) is 0 Å². The smallest absolute Gasteiger partial charge is 0.169 e. The molecule has 0 aliphatic heterocycles. The molecule has 2 nitrogen and oxygen atoms in total. The number of aromatic hydroxyl groups is 1. The molecule has 10 heavy (non-hydrogen) atoms. The van der Waals surface area contributed by atoms with Gasteiger partial charge in [-0.2, -0.15) is 0 Å². The lowest BCUT2D eigenvalue weighted by Crippen LogP contribution is -1.92. The van der Waals surface area contributed by atoms with Gasteiger partial charge in [0.2, 0.25) is 0 Å². The maximum Gasteiger partial charge on any atom is 0.169 e. The summed E-state index contributed by atoms with van der Waals surface area (Å²) in [7, 11) is 0. The van der Waals surface area contributed by atoms with Gasteiger partial charge in [0.15, 0.2) is 11.6 Å². The Kier molecular flexibility index (Phi) is 1.49. The third-order valence-electron chi connectivity index (χ3n) is 1.41. The highest BCUT2D eigenvalue weighted by Gasteiger charge is 2.04. The van der Waals surface area contributed by atoms with Crippen LogP contribution in [0.3, 0.4) is 0 Å². The van der Waals surface area contributed by atoms with Crippen molar-refractivity contribution in [3.05, 3.63) is 23.5 Å². The quantitative estimate of drug-likeness (QED) is 0.424. The summed E-state index contributed by atoms with van der Waals surface area (Å²) >= 11 is 0. The second kappa shape index (κ2) is 2.17. The molecule has 0 fully saturated rings. The normalized spacial score (nSPS) is 9.80. The Hall–Kier alpha value is -1.25. The van der Waals surface area contributed by atoms with Crippen LogP contribution in [-0.4, -0.2) is 5.11 Å². The van der Waals surface area contributed by atoms with E-state index in [0.29, 0.717) is 11.3 Å². The van der Waals surface area contributed by atoms with Gasteiger partial charge in [-0.3, -0.25) is 0 Å². The van der Waals surface area contributed by atoms with Crippen molar-refractivity contribution in [1.29, 1.82) is 0 Å². The molecule has 1 aromatic rings. The van der Waals surface area contributed by atoms with E-state index in [1.807, 2.05) is 0 Å². The maximum absolute atomic E-state index is 12.7. The number of nitrogens with two attached hydrogens (primary N) is 1. The van der Waals surface area contributed by atoms with Gasteiger partial charge >= 0.3 is 0 Å². The summed E-state index contributed by atoms with van der Waals surface area (Å²) in [6.07, 6.45) is 0. The minimum Gasteiger partial charge on any atom is -0.505 e. The summed E-state index contributed by atoms with van der Waals surface area (Å²) in [6.45, 7) is 1.52. The average Bonchev–Trinajstić information content (AvgIpc) is 1.93. The lowest BCUT2D eigenvalue weighted by molar-refractivity contribution is 0.430. The Morgan fingerprint density at radius 1 is 1.50 bits per heavy atom. The van der Waals surface area contributed by atoms with Crippen molar-refractivity contribution >= 4 is 5.69 Å². The number of rotatable bonds is 0. The van der Waals surface area contributed by atoms with Crippen LogP contribution >= 0.6 is 0 Å². The first kappa shape index (κ1) is 6.86. The maximum atomic E-state index is 12.7. The van der Waals surface area contributed by atoms with Crippen LogP contribution in [0.4, 0.5) is 10.1 Å². The molecular weight excluding hydrogens is 133 g/mol. The largest absolute Gasteiger partial charge is 0.505 e. The van der Waals surface area contributed by atoms with Gasteiger partial charge in [-0.05, 0) is 19.1 Å². The fourth-order valence-corrected chi connectivity index (χ4v) is 0.686. The minimum absolute atomic E-state index is 0.292. The first-order valence-corrected chi connectivity index (χ1v) is 2.86. The SMILES string of the molecule is Cc1c(N)ccc(O)c1F. The Labute approximate surface area is 58.1 Å². The standard InChI is InChI=1S/C7H8FNO/c1-4-5(9)2-3-6(10)7(4)8/h2-3,10H,9H2,1H3. The highest BCUT2D eigenvalue weighted by molar-refractivity contribution is 5.50. The summed E-state index contributed by atoms with van der Waals surface area (Å²) in [6, 6.07) is 2.70. The molecule has 0 heterocycles. The highest BCUT2D eigenvalue weighted by atomic mass is 19.1. The van der Waals surface area contributed by atoms with Gasteiger partial charge in [-0.25, -0.2) is 4.39 Å². The van der Waals surface area contributed by atoms with Crippen molar-refractivity contribution in [3.8, 4) is 5.75 Å². The molecule has 0 saturated carbocycles. The van der Waals surface area contributed by atoms with Gasteiger partial charge in [0.1, 0.15) is 0 Å². The van der Waals surface area contributed by atoms with Crippen LogP contribution in [0, 0.1) is 12.7 Å². The molecule has 3 N–H and O–H groups in total. The number of phenolic OH excluding ortho intramolecular Hbond substituents is 1. The Morgan fingerprint density at radius 2 is 2.10 bits per heavy atom. The predicted molar refractivity (Wildman–Crippen MR) is 37.2 cm³/mol. The summed E-state index contributed by atoms with van der Waals surface area (Å²) in [4.78, 5) is 0. The first-order chi connectivity index (χ1) is 4.63. The molecule has 0 unspecified atom stereocenters. The second-order valence-corrected chi connectivity index (χ2v) is 2.11. The van der Waals surface area contributed by atoms with Crippen molar-refractivity contribution in [1.82, 2.24) is 0 Å². The fraction of sp³-hybridized carbons (Fsp3) is 0.143. The Bertz CT molecular complexity index is 233. The van der Waals surface area contributed by atoms with E-state index in [1.165, 1.54) is 19.1 Å². The molecule has 54 valence electrons. The highest BCUT2D eigenvalue weighted by Crippen LogP contribution is 2.22. The van der Waals surface area contributed by atoms with Crippen LogP contribution in [0.15, 0.2) is 12.1 Å². The molecule has 0 amide bonds. The molecule has 0 radical (unpaired) electrons. The molecule has 0 aliphatic rings. The van der Waals surface area contributed by atoms with Crippen LogP contribution in [0.25, 0.3) is 0 Å². The van der Waals surface area contributed by atoms with Gasteiger partial charge in [-0.15, -0.1) is 0 Å². The van der Waals surface area contributed by atoms with Crippen LogP contribution in [0.2, 0.25) is 0 Å². The molecule has 0 bridgehead atoms. The van der Waals surface area contributed by atoms with Crippen molar-refractivity contribution in [2.24, 2.45) is 0 Å². The third-order valence-corrected chi connectivity index (χ3v) is 1.41. The van der Waals surface area contributed by atoms with Crippen molar-refractivity contribution < 1.29 is 9.50 Å². The van der Waals surface area contributed by atoms with Gasteiger partial charge in [-0.1, -0.05) is 0 Å². The molecule has 0 saturated heterocycles. The predicted octanol–water partition coefficient (Wildman–Crippen LogP) is 1.42. The van der Waals surface area contributed by atoms with E-state index in [2.05, 4.69) is 0 Å². The number of hydrogen-bond acceptors (Lipinski definition) is 2. The zero-order valence-corrected chi connectivity index (χ0v) is 5.56. The average molecular weight is 141 g/mol. The summed E-state index contributed by atoms with van der Waals surface area (Å²) in [5.41, 5.74) is 5.99. The van der Waals surface area contributed by atoms with Crippen LogP contribution in [0.5, 0.6) is 5.75 Å². The fourth-order valence-electron chi connectivity index (χ4n) is 0.686. The number of benzene rings is 1. The zero-order valence-electron chi connectivity index (χ0n) is 5.56. The van der Waals surface area contributed by atoms with Crippen molar-refractivity contribution in [2.45, 2.75) is 6.92 Å². The van der Waals surface area contributed by atoms with E-state index >= 15 is 0 Å². The summed E-state index contributed by atoms with van der Waals surface area (Å²) < 4.78 is 12.7. The van der Waals surface area contributed by atoms with Crippen LogP contribution in [-0.2, 0) is 0 Å². The van der Waals surface area contributed by atoms with E-state index in [1.54, 1.807) is 0 Å². The second-order valence-electron chi connectivity index (χ2n) is 2.11. The molecule has 3 heteroatoms. The summed E-state index contributed by atoms with van der Waals surface area (Å²) in [5.74, 6) is -0.994.